The van der Waals surface area contributed by atoms with Gasteiger partial charge < -0.3 is 5.32 Å². The Morgan fingerprint density at radius 2 is 2.14 bits per heavy atom. The van der Waals surface area contributed by atoms with Crippen molar-refractivity contribution in [1.29, 1.82) is 0 Å². The molecule has 14 heavy (non-hydrogen) atoms. The second-order valence-electron chi connectivity index (χ2n) is 3.05. The Balaban J connectivity index is 0.000000461. The SMILES string of the molecule is CC.CNC1CCc2nc(Cl)ccc21. The van der Waals surface area contributed by atoms with Crippen LogP contribution < -0.4 is 5.32 Å². The summed E-state index contributed by atoms with van der Waals surface area (Å²) in [4.78, 5) is 4.28. The van der Waals surface area contributed by atoms with Gasteiger partial charge in [-0.1, -0.05) is 31.5 Å². The van der Waals surface area contributed by atoms with Gasteiger partial charge in [-0.3, -0.25) is 0 Å². The molecule has 78 valence electrons. The van der Waals surface area contributed by atoms with Gasteiger partial charge in [-0.15, -0.1) is 0 Å². The number of hydrogen-bond acceptors (Lipinski definition) is 2. The maximum Gasteiger partial charge on any atom is 0.129 e. The highest BCUT2D eigenvalue weighted by atomic mass is 35.5. The molecular formula is C11H17ClN2. The lowest BCUT2D eigenvalue weighted by atomic mass is 10.1. The van der Waals surface area contributed by atoms with Crippen LogP contribution in [-0.4, -0.2) is 12.0 Å². The molecule has 1 aliphatic rings. The van der Waals surface area contributed by atoms with Crippen molar-refractivity contribution in [2.24, 2.45) is 0 Å². The van der Waals surface area contributed by atoms with E-state index in [2.05, 4.69) is 16.4 Å². The van der Waals surface area contributed by atoms with Gasteiger partial charge in [0.2, 0.25) is 0 Å². The number of halogens is 1. The third-order valence-electron chi connectivity index (χ3n) is 2.37. The van der Waals surface area contributed by atoms with Gasteiger partial charge in [-0.05, 0) is 31.5 Å². The van der Waals surface area contributed by atoms with Crippen molar-refractivity contribution in [3.8, 4) is 0 Å². The second kappa shape index (κ2) is 5.32. The zero-order valence-corrected chi connectivity index (χ0v) is 9.73. The molecule has 1 unspecified atom stereocenters. The number of pyridine rings is 1. The number of rotatable bonds is 1. The first-order valence-corrected chi connectivity index (χ1v) is 5.51. The van der Waals surface area contributed by atoms with Crippen molar-refractivity contribution in [3.63, 3.8) is 0 Å². The largest absolute Gasteiger partial charge is 0.313 e. The topological polar surface area (TPSA) is 24.9 Å². The van der Waals surface area contributed by atoms with Crippen molar-refractivity contribution in [2.45, 2.75) is 32.7 Å². The van der Waals surface area contributed by atoms with E-state index >= 15 is 0 Å². The summed E-state index contributed by atoms with van der Waals surface area (Å²) in [5.74, 6) is 0. The molecule has 1 aromatic heterocycles. The summed E-state index contributed by atoms with van der Waals surface area (Å²) in [5, 5.41) is 3.86. The zero-order valence-electron chi connectivity index (χ0n) is 8.97. The van der Waals surface area contributed by atoms with Crippen molar-refractivity contribution in [2.75, 3.05) is 7.05 Å². The van der Waals surface area contributed by atoms with Gasteiger partial charge >= 0.3 is 0 Å². The monoisotopic (exact) mass is 212 g/mol. The van der Waals surface area contributed by atoms with E-state index < -0.39 is 0 Å². The van der Waals surface area contributed by atoms with E-state index in [4.69, 9.17) is 11.6 Å². The van der Waals surface area contributed by atoms with Crippen LogP contribution in [0.1, 0.15) is 37.6 Å². The van der Waals surface area contributed by atoms with Gasteiger partial charge in [-0.25, -0.2) is 4.98 Å². The third kappa shape index (κ3) is 2.25. The Kier molecular flexibility index (Phi) is 4.36. The van der Waals surface area contributed by atoms with Crippen molar-refractivity contribution < 1.29 is 0 Å². The Morgan fingerprint density at radius 1 is 1.43 bits per heavy atom. The third-order valence-corrected chi connectivity index (χ3v) is 2.58. The number of aryl methyl sites for hydroxylation is 1. The quantitative estimate of drug-likeness (QED) is 0.724. The number of nitrogens with one attached hydrogen (secondary N) is 1. The Hall–Kier alpha value is -0.600. The Bertz CT molecular complexity index is 299. The Labute approximate surface area is 90.7 Å². The normalized spacial score (nSPS) is 18.4. The predicted octanol–water partition coefficient (Wildman–Crippen LogP) is 2.97. The van der Waals surface area contributed by atoms with E-state index in [1.54, 1.807) is 0 Å². The summed E-state index contributed by atoms with van der Waals surface area (Å²) in [7, 11) is 1.98. The fourth-order valence-electron chi connectivity index (χ4n) is 1.74. The minimum absolute atomic E-state index is 0.477. The van der Waals surface area contributed by atoms with Crippen LogP contribution >= 0.6 is 11.6 Å². The van der Waals surface area contributed by atoms with Gasteiger partial charge in [-0.2, -0.15) is 0 Å². The Morgan fingerprint density at radius 3 is 2.79 bits per heavy atom. The summed E-state index contributed by atoms with van der Waals surface area (Å²) >= 11 is 5.78. The number of fused-ring (bicyclic) bond motifs is 1. The molecule has 0 saturated heterocycles. The van der Waals surface area contributed by atoms with Crippen LogP contribution in [0.5, 0.6) is 0 Å². The van der Waals surface area contributed by atoms with Crippen LogP contribution in [0.3, 0.4) is 0 Å². The molecule has 0 aromatic carbocycles. The molecule has 0 spiro atoms. The lowest BCUT2D eigenvalue weighted by Crippen LogP contribution is -2.12. The van der Waals surface area contributed by atoms with Crippen LogP contribution in [0.4, 0.5) is 0 Å². The maximum absolute atomic E-state index is 5.78. The highest BCUT2D eigenvalue weighted by Crippen LogP contribution is 2.29. The fourth-order valence-corrected chi connectivity index (χ4v) is 1.90. The molecule has 0 saturated carbocycles. The second-order valence-corrected chi connectivity index (χ2v) is 3.44. The summed E-state index contributed by atoms with van der Waals surface area (Å²) in [5.41, 5.74) is 2.46. The zero-order chi connectivity index (χ0) is 10.6. The molecule has 2 rings (SSSR count). The van der Waals surface area contributed by atoms with Gasteiger partial charge in [0.15, 0.2) is 0 Å². The molecule has 1 atom stereocenters. The van der Waals surface area contributed by atoms with Gasteiger partial charge in [0, 0.05) is 11.7 Å². The molecule has 3 heteroatoms. The highest BCUT2D eigenvalue weighted by molar-refractivity contribution is 6.29. The lowest BCUT2D eigenvalue weighted by Gasteiger charge is -2.08. The van der Waals surface area contributed by atoms with E-state index in [-0.39, 0.29) is 0 Å². The minimum atomic E-state index is 0.477. The summed E-state index contributed by atoms with van der Waals surface area (Å²) in [6, 6.07) is 4.40. The first-order chi connectivity index (χ1) is 6.81. The molecular weight excluding hydrogens is 196 g/mol. The van der Waals surface area contributed by atoms with E-state index in [1.807, 2.05) is 27.0 Å². The average molecular weight is 213 g/mol. The molecule has 0 aliphatic heterocycles. The van der Waals surface area contributed by atoms with E-state index in [1.165, 1.54) is 5.56 Å². The molecule has 1 heterocycles. The van der Waals surface area contributed by atoms with Crippen LogP contribution in [0, 0.1) is 0 Å². The van der Waals surface area contributed by atoms with Crippen LogP contribution in [0.15, 0.2) is 12.1 Å². The van der Waals surface area contributed by atoms with Crippen LogP contribution in [0.2, 0.25) is 5.15 Å². The molecule has 0 bridgehead atoms. The average Bonchev–Trinajstić information content (AvgIpc) is 2.62. The smallest absolute Gasteiger partial charge is 0.129 e. The number of aromatic nitrogens is 1. The molecule has 0 radical (unpaired) electrons. The summed E-state index contributed by atoms with van der Waals surface area (Å²) < 4.78 is 0. The van der Waals surface area contributed by atoms with E-state index in [9.17, 15) is 0 Å². The standard InChI is InChI=1S/C9H11ClN2.C2H6/c1-11-7-3-4-8-6(7)2-5-9(10)12-8;1-2/h2,5,7,11H,3-4H2,1H3;1-2H3. The van der Waals surface area contributed by atoms with Crippen molar-refractivity contribution in [1.82, 2.24) is 10.3 Å². The lowest BCUT2D eigenvalue weighted by molar-refractivity contribution is 0.590. The number of hydrogen-bond donors (Lipinski definition) is 1. The van der Waals surface area contributed by atoms with E-state index in [0.717, 1.165) is 18.5 Å². The predicted molar refractivity (Wildman–Crippen MR) is 60.7 cm³/mol. The molecule has 0 fully saturated rings. The van der Waals surface area contributed by atoms with Gasteiger partial charge in [0.25, 0.3) is 0 Å². The highest BCUT2D eigenvalue weighted by Gasteiger charge is 2.21. The van der Waals surface area contributed by atoms with Gasteiger partial charge in [0.1, 0.15) is 5.15 Å². The summed E-state index contributed by atoms with van der Waals surface area (Å²) in [6.45, 7) is 4.00. The maximum atomic E-state index is 5.78. The molecule has 1 aromatic rings. The molecule has 1 aliphatic carbocycles. The first kappa shape index (κ1) is 11.5. The minimum Gasteiger partial charge on any atom is -0.313 e. The van der Waals surface area contributed by atoms with Crippen LogP contribution in [0.25, 0.3) is 0 Å². The summed E-state index contributed by atoms with van der Waals surface area (Å²) in [6.07, 6.45) is 2.18. The van der Waals surface area contributed by atoms with Crippen molar-refractivity contribution in [3.05, 3.63) is 28.5 Å². The van der Waals surface area contributed by atoms with E-state index in [0.29, 0.717) is 11.2 Å². The molecule has 0 amide bonds. The fraction of sp³-hybridized carbons (Fsp3) is 0.545. The van der Waals surface area contributed by atoms with Crippen molar-refractivity contribution >= 4 is 11.6 Å². The van der Waals surface area contributed by atoms with Crippen LogP contribution in [-0.2, 0) is 6.42 Å². The molecule has 2 nitrogen and oxygen atoms in total. The first-order valence-electron chi connectivity index (χ1n) is 5.14. The number of nitrogens with zero attached hydrogens (tertiary/aromatic N) is 1. The molecule has 1 N–H and O–H groups in total. The van der Waals surface area contributed by atoms with Gasteiger partial charge in [0.05, 0.1) is 0 Å².